The number of sulfonamides is 1. The predicted molar refractivity (Wildman–Crippen MR) is 93.3 cm³/mol. The second kappa shape index (κ2) is 8.48. The van der Waals surface area contributed by atoms with Crippen molar-refractivity contribution >= 4 is 32.8 Å². The maximum absolute atomic E-state index is 13.1. The second-order valence-corrected chi connectivity index (χ2v) is 7.84. The molecule has 1 heterocycles. The van der Waals surface area contributed by atoms with Crippen molar-refractivity contribution in [1.29, 1.82) is 5.26 Å². The minimum atomic E-state index is -3.71. The van der Waals surface area contributed by atoms with Crippen molar-refractivity contribution in [2.24, 2.45) is 0 Å². The highest BCUT2D eigenvalue weighted by molar-refractivity contribution is 7.89. The molecule has 0 aliphatic rings. The standard InChI is InChI=1S/C15H21N5O2S2/c1-3-19(4-2)11-12-20(10-6-9-16)24(21,22)14-8-5-7-13-15(14)18-23-17-13/h5,7-8H,3-4,6,10-12H2,1-2H3/p+1. The van der Waals surface area contributed by atoms with Crippen molar-refractivity contribution < 1.29 is 13.3 Å². The van der Waals surface area contributed by atoms with E-state index in [1.165, 1.54) is 9.21 Å². The molecule has 1 aromatic heterocycles. The molecule has 130 valence electrons. The average molecular weight is 369 g/mol. The van der Waals surface area contributed by atoms with E-state index >= 15 is 0 Å². The number of nitriles is 1. The summed E-state index contributed by atoms with van der Waals surface area (Å²) in [5.41, 5.74) is 0.982. The van der Waals surface area contributed by atoms with Gasteiger partial charge in [0.05, 0.1) is 44.0 Å². The minimum Gasteiger partial charge on any atom is -0.334 e. The molecule has 2 aromatic rings. The average Bonchev–Trinajstić information content (AvgIpc) is 3.06. The van der Waals surface area contributed by atoms with Crippen LogP contribution in [0.1, 0.15) is 20.3 Å². The van der Waals surface area contributed by atoms with E-state index in [4.69, 9.17) is 5.26 Å². The molecule has 9 heteroatoms. The van der Waals surface area contributed by atoms with Crippen LogP contribution in [0.4, 0.5) is 0 Å². The first kappa shape index (κ1) is 18.7. The van der Waals surface area contributed by atoms with Gasteiger partial charge in [-0.3, -0.25) is 0 Å². The van der Waals surface area contributed by atoms with E-state index in [0.29, 0.717) is 24.1 Å². The van der Waals surface area contributed by atoms with Gasteiger partial charge in [0, 0.05) is 13.0 Å². The van der Waals surface area contributed by atoms with Gasteiger partial charge in [0.1, 0.15) is 15.9 Å². The van der Waals surface area contributed by atoms with Crippen LogP contribution in [0, 0.1) is 11.3 Å². The van der Waals surface area contributed by atoms with Crippen molar-refractivity contribution in [3.63, 3.8) is 0 Å². The number of nitrogens with zero attached hydrogens (tertiary/aromatic N) is 4. The number of quaternary nitrogens is 1. The molecule has 0 saturated carbocycles. The Morgan fingerprint density at radius 1 is 1.25 bits per heavy atom. The number of rotatable bonds is 9. The summed E-state index contributed by atoms with van der Waals surface area (Å²) in [7, 11) is -3.71. The van der Waals surface area contributed by atoms with E-state index in [1.54, 1.807) is 18.2 Å². The summed E-state index contributed by atoms with van der Waals surface area (Å²) in [6.45, 7) is 7.32. The Kier molecular flexibility index (Phi) is 6.62. The Morgan fingerprint density at radius 2 is 2.00 bits per heavy atom. The van der Waals surface area contributed by atoms with Crippen LogP contribution in [-0.4, -0.2) is 54.2 Å². The highest BCUT2D eigenvalue weighted by Crippen LogP contribution is 2.24. The summed E-state index contributed by atoms with van der Waals surface area (Å²) in [5.74, 6) is 0. The third kappa shape index (κ3) is 4.08. The molecular weight excluding hydrogens is 346 g/mol. The normalized spacial score (nSPS) is 12.1. The van der Waals surface area contributed by atoms with E-state index in [9.17, 15) is 8.42 Å². The summed E-state index contributed by atoms with van der Waals surface area (Å²) < 4.78 is 35.8. The maximum atomic E-state index is 13.1. The Labute approximate surface area is 146 Å². The van der Waals surface area contributed by atoms with Gasteiger partial charge < -0.3 is 4.90 Å². The van der Waals surface area contributed by atoms with Gasteiger partial charge in [-0.2, -0.15) is 18.3 Å². The van der Waals surface area contributed by atoms with Gasteiger partial charge in [-0.25, -0.2) is 8.42 Å². The van der Waals surface area contributed by atoms with Gasteiger partial charge in [0.2, 0.25) is 10.0 Å². The first-order chi connectivity index (χ1) is 11.5. The zero-order valence-electron chi connectivity index (χ0n) is 13.9. The molecule has 1 N–H and O–H groups in total. The van der Waals surface area contributed by atoms with E-state index in [-0.39, 0.29) is 17.9 Å². The molecule has 0 radical (unpaired) electrons. The summed E-state index contributed by atoms with van der Waals surface area (Å²) in [4.78, 5) is 1.49. The quantitative estimate of drug-likeness (QED) is 0.697. The smallest absolute Gasteiger partial charge is 0.245 e. The number of benzene rings is 1. The third-order valence-electron chi connectivity index (χ3n) is 4.05. The number of fused-ring (bicyclic) bond motifs is 1. The molecule has 7 nitrogen and oxygen atoms in total. The molecule has 0 amide bonds. The summed E-state index contributed by atoms with van der Waals surface area (Å²) in [6, 6.07) is 7.01. The number of aromatic nitrogens is 2. The fraction of sp³-hybridized carbons (Fsp3) is 0.533. The van der Waals surface area contributed by atoms with Gasteiger partial charge in [-0.1, -0.05) is 6.07 Å². The topological polar surface area (TPSA) is 91.4 Å². The summed E-state index contributed by atoms with van der Waals surface area (Å²) >= 11 is 0.999. The number of nitrogens with one attached hydrogen (secondary N) is 1. The molecule has 24 heavy (non-hydrogen) atoms. The lowest BCUT2D eigenvalue weighted by Crippen LogP contribution is -3.12. The van der Waals surface area contributed by atoms with Gasteiger partial charge in [-0.05, 0) is 26.0 Å². The van der Waals surface area contributed by atoms with Crippen molar-refractivity contribution in [3.05, 3.63) is 18.2 Å². The molecule has 0 fully saturated rings. The lowest BCUT2D eigenvalue weighted by atomic mass is 10.3. The minimum absolute atomic E-state index is 0.165. The fourth-order valence-corrected chi connectivity index (χ4v) is 4.74. The van der Waals surface area contributed by atoms with Crippen molar-refractivity contribution in [2.75, 3.05) is 32.7 Å². The zero-order valence-corrected chi connectivity index (χ0v) is 15.5. The van der Waals surface area contributed by atoms with E-state index in [2.05, 4.69) is 22.6 Å². The Morgan fingerprint density at radius 3 is 2.67 bits per heavy atom. The molecule has 2 rings (SSSR count). The molecule has 1 aromatic carbocycles. The molecule has 0 aliphatic carbocycles. The SMILES string of the molecule is CC[NH+](CC)CCN(CCC#N)S(=O)(=O)c1cccc2nsnc12. The molecular formula is C15H22N5O2S2+. The van der Waals surface area contributed by atoms with Crippen LogP contribution in [0.15, 0.2) is 23.1 Å². The van der Waals surface area contributed by atoms with E-state index in [0.717, 1.165) is 24.8 Å². The van der Waals surface area contributed by atoms with Crippen LogP contribution >= 0.6 is 11.7 Å². The first-order valence-electron chi connectivity index (χ1n) is 7.96. The van der Waals surface area contributed by atoms with Crippen molar-refractivity contribution in [2.45, 2.75) is 25.2 Å². The second-order valence-electron chi connectivity index (χ2n) is 5.41. The summed E-state index contributed by atoms with van der Waals surface area (Å²) in [5, 5.41) is 8.86. The summed E-state index contributed by atoms with van der Waals surface area (Å²) in [6.07, 6.45) is 0.165. The number of hydrogen-bond donors (Lipinski definition) is 1. The molecule has 0 unspecified atom stereocenters. The third-order valence-corrected chi connectivity index (χ3v) is 6.53. The molecule has 0 aliphatic heterocycles. The van der Waals surface area contributed by atoms with Crippen molar-refractivity contribution in [1.82, 2.24) is 13.1 Å². The molecule has 0 atom stereocenters. The number of hydrogen-bond acceptors (Lipinski definition) is 6. The van der Waals surface area contributed by atoms with Gasteiger partial charge in [-0.15, -0.1) is 0 Å². The van der Waals surface area contributed by atoms with E-state index in [1.807, 2.05) is 6.07 Å². The Balaban J connectivity index is 2.32. The Bertz CT molecular complexity index is 809. The first-order valence-corrected chi connectivity index (χ1v) is 10.1. The lowest BCUT2D eigenvalue weighted by molar-refractivity contribution is -0.895. The van der Waals surface area contributed by atoms with Crippen LogP contribution in [0.25, 0.3) is 11.0 Å². The fourth-order valence-electron chi connectivity index (χ4n) is 2.54. The predicted octanol–water partition coefficient (Wildman–Crippen LogP) is 0.520. The van der Waals surface area contributed by atoms with Crippen LogP contribution in [0.5, 0.6) is 0 Å². The lowest BCUT2D eigenvalue weighted by Gasteiger charge is -2.23. The highest BCUT2D eigenvalue weighted by atomic mass is 32.2. The number of likely N-dealkylation sites (N-methyl/N-ethyl adjacent to an activating group) is 1. The Hall–Kier alpha value is -1.60. The molecule has 0 saturated heterocycles. The van der Waals surface area contributed by atoms with Crippen LogP contribution in [0.2, 0.25) is 0 Å². The maximum Gasteiger partial charge on any atom is 0.245 e. The van der Waals surface area contributed by atoms with Crippen LogP contribution in [-0.2, 0) is 10.0 Å². The highest BCUT2D eigenvalue weighted by Gasteiger charge is 2.28. The monoisotopic (exact) mass is 368 g/mol. The van der Waals surface area contributed by atoms with Crippen LogP contribution < -0.4 is 4.90 Å². The van der Waals surface area contributed by atoms with Gasteiger partial charge in [0.25, 0.3) is 0 Å². The zero-order chi connectivity index (χ0) is 17.6. The molecule has 0 spiro atoms. The van der Waals surface area contributed by atoms with Gasteiger partial charge in [0.15, 0.2) is 0 Å². The van der Waals surface area contributed by atoms with Crippen LogP contribution in [0.3, 0.4) is 0 Å². The van der Waals surface area contributed by atoms with Crippen molar-refractivity contribution in [3.8, 4) is 6.07 Å². The largest absolute Gasteiger partial charge is 0.334 e. The van der Waals surface area contributed by atoms with Gasteiger partial charge >= 0.3 is 0 Å². The molecule has 0 bridgehead atoms. The van der Waals surface area contributed by atoms with E-state index < -0.39 is 10.0 Å².